The third-order valence-electron chi connectivity index (χ3n) is 5.46. The molecule has 1 amide bonds. The molecule has 2 aromatic heterocycles. The van der Waals surface area contributed by atoms with Crippen molar-refractivity contribution < 1.29 is 4.79 Å². The van der Waals surface area contributed by atoms with Crippen LogP contribution in [0.1, 0.15) is 39.7 Å². The van der Waals surface area contributed by atoms with E-state index in [1.807, 2.05) is 24.3 Å². The van der Waals surface area contributed by atoms with Crippen molar-refractivity contribution in [3.8, 4) is 11.3 Å². The summed E-state index contributed by atoms with van der Waals surface area (Å²) in [5.74, 6) is 0.234. The molecule has 3 aromatic rings. The van der Waals surface area contributed by atoms with Gasteiger partial charge in [0.25, 0.3) is 11.5 Å². The second-order valence-electron chi connectivity index (χ2n) is 7.30. The molecule has 0 saturated heterocycles. The Morgan fingerprint density at radius 2 is 2.13 bits per heavy atom. The van der Waals surface area contributed by atoms with Gasteiger partial charge in [0, 0.05) is 37.6 Å². The maximum atomic E-state index is 12.3. The van der Waals surface area contributed by atoms with Crippen LogP contribution in [0.15, 0.2) is 57.7 Å². The van der Waals surface area contributed by atoms with Crippen molar-refractivity contribution in [3.05, 3.63) is 86.1 Å². The van der Waals surface area contributed by atoms with Crippen molar-refractivity contribution in [2.75, 3.05) is 14.1 Å². The quantitative estimate of drug-likeness (QED) is 0.575. The minimum Gasteiger partial charge on any atom is -0.355 e. The number of nitrogens with one attached hydrogen (secondary N) is 3. The number of aromatic amines is 2. The van der Waals surface area contributed by atoms with Crippen LogP contribution in [-0.2, 0) is 0 Å². The van der Waals surface area contributed by atoms with Gasteiger partial charge in [-0.3, -0.25) is 19.6 Å². The van der Waals surface area contributed by atoms with Gasteiger partial charge in [-0.15, -0.1) is 0 Å². The van der Waals surface area contributed by atoms with Crippen LogP contribution < -0.4 is 22.1 Å². The summed E-state index contributed by atoms with van der Waals surface area (Å²) in [6, 6.07) is 9.41. The zero-order valence-corrected chi connectivity index (χ0v) is 17.2. The average molecular weight is 418 g/mol. The summed E-state index contributed by atoms with van der Waals surface area (Å²) < 4.78 is 1.53. The predicted molar refractivity (Wildman–Crippen MR) is 117 cm³/mol. The van der Waals surface area contributed by atoms with E-state index in [2.05, 4.69) is 32.0 Å². The van der Waals surface area contributed by atoms with Crippen molar-refractivity contribution in [1.82, 2.24) is 25.1 Å². The number of amides is 1. The molecule has 0 unspecified atom stereocenters. The largest absolute Gasteiger partial charge is 0.355 e. The molecule has 0 radical (unpaired) electrons. The van der Waals surface area contributed by atoms with Crippen LogP contribution in [0.4, 0.5) is 0 Å². The van der Waals surface area contributed by atoms with Crippen LogP contribution in [0, 0.1) is 0 Å². The molecule has 4 rings (SSSR count). The molecular weight excluding hydrogens is 396 g/mol. The van der Waals surface area contributed by atoms with Gasteiger partial charge in [0.05, 0.1) is 11.3 Å². The van der Waals surface area contributed by atoms with Gasteiger partial charge >= 0.3 is 5.69 Å². The van der Waals surface area contributed by atoms with E-state index in [-0.39, 0.29) is 23.3 Å². The highest BCUT2D eigenvalue weighted by Gasteiger charge is 2.41. The van der Waals surface area contributed by atoms with Gasteiger partial charge in [0.1, 0.15) is 0 Å². The number of benzene rings is 1. The second kappa shape index (κ2) is 8.02. The van der Waals surface area contributed by atoms with E-state index < -0.39 is 11.2 Å². The molecule has 158 valence electrons. The molecule has 0 bridgehead atoms. The lowest BCUT2D eigenvalue weighted by molar-refractivity contribution is 0.0963. The van der Waals surface area contributed by atoms with Crippen LogP contribution in [0.25, 0.3) is 17.5 Å². The summed E-state index contributed by atoms with van der Waals surface area (Å²) in [4.78, 5) is 44.8. The lowest BCUT2D eigenvalue weighted by Gasteiger charge is -2.10. The Bertz CT molecular complexity index is 1360. The minimum atomic E-state index is -0.580. The van der Waals surface area contributed by atoms with Crippen molar-refractivity contribution >= 4 is 12.1 Å². The van der Waals surface area contributed by atoms with Gasteiger partial charge in [-0.1, -0.05) is 18.7 Å². The number of nitrogens with zero attached hydrogens (tertiary/aromatic N) is 3. The first-order valence-electron chi connectivity index (χ1n) is 9.80. The molecule has 31 heavy (non-hydrogen) atoms. The lowest BCUT2D eigenvalue weighted by atomic mass is 10.0. The number of hydrogen-bond acceptors (Lipinski definition) is 5. The Labute approximate surface area is 177 Å². The fraction of sp³-hybridized carbons (Fsp3) is 0.227. The Morgan fingerprint density at radius 1 is 1.32 bits per heavy atom. The summed E-state index contributed by atoms with van der Waals surface area (Å²) in [7, 11) is 3.28. The van der Waals surface area contributed by atoms with Crippen LogP contribution in [0.3, 0.4) is 0 Å². The van der Waals surface area contributed by atoms with E-state index in [0.29, 0.717) is 16.7 Å². The maximum Gasteiger partial charge on any atom is 0.325 e. The number of H-pyrrole nitrogens is 2. The van der Waals surface area contributed by atoms with Crippen molar-refractivity contribution in [1.29, 1.82) is 0 Å². The fourth-order valence-corrected chi connectivity index (χ4v) is 3.86. The smallest absolute Gasteiger partial charge is 0.325 e. The molecule has 1 saturated carbocycles. The average Bonchev–Trinajstić information content (AvgIpc) is 3.58. The molecule has 0 aliphatic heterocycles. The normalized spacial score (nSPS) is 17.9. The summed E-state index contributed by atoms with van der Waals surface area (Å²) in [5.41, 5.74) is 2.81. The molecule has 0 spiro atoms. The number of carbonyl (C=O) groups excluding carboxylic acids is 1. The highest BCUT2D eigenvalue weighted by atomic mass is 16.2. The van der Waals surface area contributed by atoms with E-state index in [1.165, 1.54) is 17.1 Å². The third-order valence-corrected chi connectivity index (χ3v) is 5.46. The molecule has 2 atom stereocenters. The monoisotopic (exact) mass is 418 g/mol. The van der Waals surface area contributed by atoms with E-state index in [0.717, 1.165) is 17.5 Å². The van der Waals surface area contributed by atoms with E-state index in [4.69, 9.17) is 0 Å². The summed E-state index contributed by atoms with van der Waals surface area (Å²) in [6.07, 6.45) is 3.75. The van der Waals surface area contributed by atoms with Gasteiger partial charge in [-0.2, -0.15) is 5.10 Å². The van der Waals surface area contributed by atoms with Gasteiger partial charge in [0.15, 0.2) is 5.49 Å². The predicted octanol–water partition coefficient (Wildman–Crippen LogP) is 1.19. The number of rotatable bonds is 5. The Hall–Kier alpha value is -4.01. The van der Waals surface area contributed by atoms with Gasteiger partial charge in [0.2, 0.25) is 0 Å². The van der Waals surface area contributed by atoms with Gasteiger partial charge in [-0.05, 0) is 42.0 Å². The molecule has 1 aliphatic carbocycles. The van der Waals surface area contributed by atoms with E-state index in [9.17, 15) is 14.4 Å². The molecule has 9 nitrogen and oxygen atoms in total. The summed E-state index contributed by atoms with van der Waals surface area (Å²) in [5, 5.41) is 7.09. The first-order chi connectivity index (χ1) is 15.0. The Balaban J connectivity index is 1.79. The van der Waals surface area contributed by atoms with Crippen LogP contribution >= 0.6 is 0 Å². The maximum absolute atomic E-state index is 12.3. The summed E-state index contributed by atoms with van der Waals surface area (Å²) in [6.45, 7) is 3.80. The van der Waals surface area contributed by atoms with E-state index in [1.54, 1.807) is 20.2 Å². The lowest BCUT2D eigenvalue weighted by Crippen LogP contribution is -2.27. The highest BCUT2D eigenvalue weighted by molar-refractivity contribution is 5.94. The fourth-order valence-electron chi connectivity index (χ4n) is 3.86. The van der Waals surface area contributed by atoms with Crippen molar-refractivity contribution in [2.24, 2.45) is 4.99 Å². The molecule has 1 aliphatic rings. The first-order valence-corrected chi connectivity index (χ1v) is 9.80. The Kier molecular flexibility index (Phi) is 5.24. The van der Waals surface area contributed by atoms with Gasteiger partial charge in [-0.25, -0.2) is 9.48 Å². The molecule has 1 aromatic carbocycles. The second-order valence-corrected chi connectivity index (χ2v) is 7.30. The molecular formula is C22H22N6O3. The van der Waals surface area contributed by atoms with Crippen LogP contribution in [0.5, 0.6) is 0 Å². The topological polar surface area (TPSA) is 125 Å². The molecule has 1 fully saturated rings. The summed E-state index contributed by atoms with van der Waals surface area (Å²) >= 11 is 0. The molecule has 3 N–H and O–H groups in total. The number of aromatic nitrogens is 4. The molecule has 2 heterocycles. The zero-order valence-electron chi connectivity index (χ0n) is 17.2. The van der Waals surface area contributed by atoms with Crippen LogP contribution in [-0.4, -0.2) is 39.8 Å². The number of carbonyl (C=O) groups is 1. The standard InChI is InChI=1S/C22H22N6O3/c1-4-28-19(23-2)16(10-18(27-28)17-11-25-22(31)26-21(17)30)15-9-14(15)12-6-5-7-13(8-12)20(29)24-3/h4-8,10-11,14-15H,1,9H2,2-3H3,(H,24,29)(H2,25,26,30,31)/t14-,15+/m1/s1. The Morgan fingerprint density at radius 3 is 2.81 bits per heavy atom. The molecule has 9 heteroatoms. The highest BCUT2D eigenvalue weighted by Crippen LogP contribution is 2.54. The van der Waals surface area contributed by atoms with Crippen molar-refractivity contribution in [3.63, 3.8) is 0 Å². The first kappa shape index (κ1) is 20.3. The minimum absolute atomic E-state index is 0.128. The van der Waals surface area contributed by atoms with E-state index >= 15 is 0 Å². The SMILES string of the molecule is C=Cn1nc(-c2c[nH]c(=O)[nH]c2=O)cc([C@H]2C[C@@H]2c2cccc(C(=O)NC)c2)c1=NC. The van der Waals surface area contributed by atoms with Crippen LogP contribution in [0.2, 0.25) is 0 Å². The number of hydrogen-bond donors (Lipinski definition) is 3. The zero-order chi connectivity index (χ0) is 22.1. The third kappa shape index (κ3) is 3.77. The van der Waals surface area contributed by atoms with Crippen molar-refractivity contribution in [2.45, 2.75) is 18.3 Å². The van der Waals surface area contributed by atoms with Gasteiger partial charge < -0.3 is 10.3 Å².